The van der Waals surface area contributed by atoms with Crippen LogP contribution in [-0.2, 0) is 11.2 Å². The van der Waals surface area contributed by atoms with Crippen molar-refractivity contribution in [2.75, 3.05) is 31.1 Å². The van der Waals surface area contributed by atoms with E-state index >= 15 is 0 Å². The molecule has 1 atom stereocenters. The van der Waals surface area contributed by atoms with Crippen molar-refractivity contribution >= 4 is 11.7 Å². The lowest BCUT2D eigenvalue weighted by molar-refractivity contribution is -0.122. The molecule has 0 spiro atoms. The third-order valence-electron chi connectivity index (χ3n) is 3.84. The standard InChI is InChI=1S/C14H23N5O/c1-4-12-9-13(17-11(3)16-12)19-7-5-18(6-8-19)10(2)14(15)20/h9-10H,4-8H2,1-3H3,(H2,15,20). The van der Waals surface area contributed by atoms with Crippen molar-refractivity contribution in [1.29, 1.82) is 0 Å². The molecule has 0 aromatic carbocycles. The lowest BCUT2D eigenvalue weighted by atomic mass is 10.2. The molecular weight excluding hydrogens is 254 g/mol. The molecule has 110 valence electrons. The van der Waals surface area contributed by atoms with Crippen LogP contribution >= 0.6 is 0 Å². The van der Waals surface area contributed by atoms with Crippen LogP contribution in [0.3, 0.4) is 0 Å². The highest BCUT2D eigenvalue weighted by Crippen LogP contribution is 2.16. The molecule has 1 saturated heterocycles. The Balaban J connectivity index is 2.03. The number of aryl methyl sites for hydroxylation is 2. The van der Waals surface area contributed by atoms with Gasteiger partial charge in [0.25, 0.3) is 0 Å². The summed E-state index contributed by atoms with van der Waals surface area (Å²) in [5.74, 6) is 1.54. The van der Waals surface area contributed by atoms with Crippen molar-refractivity contribution in [1.82, 2.24) is 14.9 Å². The first-order valence-electron chi connectivity index (χ1n) is 7.14. The average Bonchev–Trinajstić information content (AvgIpc) is 2.45. The molecule has 0 aliphatic carbocycles. The molecule has 2 rings (SSSR count). The predicted octanol–water partition coefficient (Wildman–Crippen LogP) is 0.343. The summed E-state index contributed by atoms with van der Waals surface area (Å²) in [6.07, 6.45) is 0.912. The molecule has 6 nitrogen and oxygen atoms in total. The van der Waals surface area contributed by atoms with Crippen LogP contribution in [0.4, 0.5) is 5.82 Å². The van der Waals surface area contributed by atoms with Gasteiger partial charge in [-0.2, -0.15) is 0 Å². The highest BCUT2D eigenvalue weighted by atomic mass is 16.1. The summed E-state index contributed by atoms with van der Waals surface area (Å²) < 4.78 is 0. The molecule has 1 aliphatic heterocycles. The lowest BCUT2D eigenvalue weighted by Crippen LogP contribution is -2.53. The maximum absolute atomic E-state index is 11.2. The number of rotatable bonds is 4. The van der Waals surface area contributed by atoms with E-state index in [1.54, 1.807) is 0 Å². The maximum Gasteiger partial charge on any atom is 0.234 e. The number of nitrogens with zero attached hydrogens (tertiary/aromatic N) is 4. The van der Waals surface area contributed by atoms with Crippen LogP contribution in [0.2, 0.25) is 0 Å². The Bertz CT molecular complexity index is 482. The fourth-order valence-electron chi connectivity index (χ4n) is 2.47. The number of hydrogen-bond donors (Lipinski definition) is 1. The number of amides is 1. The van der Waals surface area contributed by atoms with Crippen molar-refractivity contribution < 1.29 is 4.79 Å². The molecular formula is C14H23N5O. The largest absolute Gasteiger partial charge is 0.368 e. The number of carbonyl (C=O) groups is 1. The van der Waals surface area contributed by atoms with E-state index in [4.69, 9.17) is 5.73 Å². The number of carbonyl (C=O) groups excluding carboxylic acids is 1. The van der Waals surface area contributed by atoms with Gasteiger partial charge < -0.3 is 10.6 Å². The summed E-state index contributed by atoms with van der Waals surface area (Å²) in [4.78, 5) is 24.5. The van der Waals surface area contributed by atoms with Crippen molar-refractivity contribution in [3.8, 4) is 0 Å². The molecule has 2 N–H and O–H groups in total. The first-order valence-corrected chi connectivity index (χ1v) is 7.14. The maximum atomic E-state index is 11.2. The van der Waals surface area contributed by atoms with E-state index in [0.29, 0.717) is 0 Å². The number of nitrogens with two attached hydrogens (primary N) is 1. The van der Waals surface area contributed by atoms with Crippen LogP contribution in [0.1, 0.15) is 25.4 Å². The number of hydrogen-bond acceptors (Lipinski definition) is 5. The highest BCUT2D eigenvalue weighted by Gasteiger charge is 2.24. The Hall–Kier alpha value is -1.69. The number of aromatic nitrogens is 2. The van der Waals surface area contributed by atoms with Gasteiger partial charge in [0.15, 0.2) is 0 Å². The second kappa shape index (κ2) is 6.17. The second-order valence-electron chi connectivity index (χ2n) is 5.22. The van der Waals surface area contributed by atoms with Crippen LogP contribution in [0.5, 0.6) is 0 Å². The van der Waals surface area contributed by atoms with Gasteiger partial charge in [0, 0.05) is 37.9 Å². The van der Waals surface area contributed by atoms with Gasteiger partial charge in [-0.05, 0) is 20.3 Å². The Morgan fingerprint density at radius 1 is 1.35 bits per heavy atom. The van der Waals surface area contributed by atoms with Gasteiger partial charge in [-0.25, -0.2) is 9.97 Å². The monoisotopic (exact) mass is 277 g/mol. The quantitative estimate of drug-likeness (QED) is 0.859. The van der Waals surface area contributed by atoms with E-state index in [-0.39, 0.29) is 11.9 Å². The van der Waals surface area contributed by atoms with Crippen LogP contribution in [0.15, 0.2) is 6.07 Å². The number of piperazine rings is 1. The van der Waals surface area contributed by atoms with E-state index in [2.05, 4.69) is 32.8 Å². The summed E-state index contributed by atoms with van der Waals surface area (Å²) in [6.45, 7) is 9.26. The first-order chi connectivity index (χ1) is 9.51. The summed E-state index contributed by atoms with van der Waals surface area (Å²) in [5.41, 5.74) is 6.43. The minimum absolute atomic E-state index is 0.199. The third kappa shape index (κ3) is 3.25. The predicted molar refractivity (Wildman–Crippen MR) is 78.6 cm³/mol. The Morgan fingerprint density at radius 3 is 2.55 bits per heavy atom. The molecule has 1 amide bonds. The molecule has 0 bridgehead atoms. The Morgan fingerprint density at radius 2 is 2.00 bits per heavy atom. The van der Waals surface area contributed by atoms with Crippen LogP contribution in [-0.4, -0.2) is 53.0 Å². The van der Waals surface area contributed by atoms with E-state index < -0.39 is 0 Å². The summed E-state index contributed by atoms with van der Waals surface area (Å²) in [5, 5.41) is 0. The van der Waals surface area contributed by atoms with Crippen molar-refractivity contribution in [3.05, 3.63) is 17.6 Å². The van der Waals surface area contributed by atoms with Crippen LogP contribution < -0.4 is 10.6 Å². The summed E-state index contributed by atoms with van der Waals surface area (Å²) in [6, 6.07) is 1.86. The number of primary amides is 1. The van der Waals surface area contributed by atoms with Gasteiger partial charge in [-0.15, -0.1) is 0 Å². The molecule has 1 aliphatic rings. The van der Waals surface area contributed by atoms with Gasteiger partial charge in [-0.3, -0.25) is 9.69 Å². The summed E-state index contributed by atoms with van der Waals surface area (Å²) in [7, 11) is 0. The zero-order valence-corrected chi connectivity index (χ0v) is 12.5. The average molecular weight is 277 g/mol. The number of anilines is 1. The summed E-state index contributed by atoms with van der Waals surface area (Å²) >= 11 is 0. The van der Waals surface area contributed by atoms with Crippen LogP contribution in [0.25, 0.3) is 0 Å². The van der Waals surface area contributed by atoms with Crippen molar-refractivity contribution in [3.63, 3.8) is 0 Å². The van der Waals surface area contributed by atoms with Gasteiger partial charge in [-0.1, -0.05) is 6.92 Å². The third-order valence-corrected chi connectivity index (χ3v) is 3.84. The minimum Gasteiger partial charge on any atom is -0.368 e. The molecule has 1 fully saturated rings. The lowest BCUT2D eigenvalue weighted by Gasteiger charge is -2.37. The van der Waals surface area contributed by atoms with E-state index in [1.807, 2.05) is 13.8 Å². The second-order valence-corrected chi connectivity index (χ2v) is 5.22. The van der Waals surface area contributed by atoms with Crippen molar-refractivity contribution in [2.24, 2.45) is 5.73 Å². The molecule has 1 unspecified atom stereocenters. The molecule has 0 radical (unpaired) electrons. The molecule has 20 heavy (non-hydrogen) atoms. The van der Waals surface area contributed by atoms with Gasteiger partial charge >= 0.3 is 0 Å². The van der Waals surface area contributed by atoms with Gasteiger partial charge in [0.05, 0.1) is 6.04 Å². The normalized spacial score (nSPS) is 18.1. The molecule has 1 aromatic heterocycles. The van der Waals surface area contributed by atoms with E-state index in [9.17, 15) is 4.79 Å². The smallest absolute Gasteiger partial charge is 0.234 e. The topological polar surface area (TPSA) is 75.3 Å². The SMILES string of the molecule is CCc1cc(N2CCN(C(C)C(N)=O)CC2)nc(C)n1. The van der Waals surface area contributed by atoms with Gasteiger partial charge in [0.1, 0.15) is 11.6 Å². The minimum atomic E-state index is -0.260. The van der Waals surface area contributed by atoms with E-state index in [1.165, 1.54) is 0 Å². The molecule has 6 heteroatoms. The van der Waals surface area contributed by atoms with Gasteiger partial charge in [0.2, 0.25) is 5.91 Å². The molecule has 0 saturated carbocycles. The molecule has 2 heterocycles. The highest BCUT2D eigenvalue weighted by molar-refractivity contribution is 5.79. The van der Waals surface area contributed by atoms with E-state index in [0.717, 1.165) is 49.9 Å². The van der Waals surface area contributed by atoms with Crippen LogP contribution in [0, 0.1) is 6.92 Å². The van der Waals surface area contributed by atoms with Crippen molar-refractivity contribution in [2.45, 2.75) is 33.2 Å². The zero-order valence-electron chi connectivity index (χ0n) is 12.5. The first kappa shape index (κ1) is 14.7. The molecule has 1 aromatic rings. The fourth-order valence-corrected chi connectivity index (χ4v) is 2.47. The Kier molecular flexibility index (Phi) is 4.54. The fraction of sp³-hybridized carbons (Fsp3) is 0.643. The zero-order chi connectivity index (χ0) is 14.7. The Labute approximate surface area is 120 Å².